The summed E-state index contributed by atoms with van der Waals surface area (Å²) in [6.07, 6.45) is 7.84. The number of rotatable bonds is 3. The smallest absolute Gasteiger partial charge is 0.221 e. The number of benzene rings is 1. The van der Waals surface area contributed by atoms with Crippen molar-refractivity contribution in [1.82, 2.24) is 0 Å². The third-order valence-electron chi connectivity index (χ3n) is 3.66. The van der Waals surface area contributed by atoms with Crippen molar-refractivity contribution in [3.8, 4) is 0 Å². The van der Waals surface area contributed by atoms with Crippen LogP contribution in [0.15, 0.2) is 58.2 Å². The Morgan fingerprint density at radius 1 is 1.35 bits per heavy atom. The Labute approximate surface area is 144 Å². The largest absolute Gasteiger partial charge is 0.369 e. The summed E-state index contributed by atoms with van der Waals surface area (Å²) in [4.78, 5) is 10.3. The molecule has 0 saturated heterocycles. The first-order valence-electron chi connectivity index (χ1n) is 7.12. The Morgan fingerprint density at radius 2 is 2.13 bits per heavy atom. The Bertz CT molecular complexity index is 780. The standard InChI is InChI=1S/C17H15Cl2N3O/c18-13-7-11(8-16(20)23)9-17(19,10-13)15-6-5-12-3-1-2-4-14(12)21-22-15/h1-7,9,21H,8,10H2,(H2,20,23). The molecule has 1 heterocycles. The Morgan fingerprint density at radius 3 is 2.91 bits per heavy atom. The van der Waals surface area contributed by atoms with Gasteiger partial charge in [-0.3, -0.25) is 10.2 Å². The molecule has 3 rings (SSSR count). The number of primary amides is 1. The summed E-state index contributed by atoms with van der Waals surface area (Å²) in [6.45, 7) is 0. The van der Waals surface area contributed by atoms with Crippen molar-refractivity contribution in [3.63, 3.8) is 0 Å². The van der Waals surface area contributed by atoms with Crippen LogP contribution in [0.25, 0.3) is 6.08 Å². The molecule has 0 saturated carbocycles. The molecule has 2 aliphatic rings. The van der Waals surface area contributed by atoms with E-state index in [0.29, 0.717) is 22.7 Å². The van der Waals surface area contributed by atoms with E-state index >= 15 is 0 Å². The van der Waals surface area contributed by atoms with E-state index in [9.17, 15) is 4.79 Å². The van der Waals surface area contributed by atoms with Gasteiger partial charge in [-0.2, -0.15) is 5.10 Å². The second-order valence-electron chi connectivity index (χ2n) is 5.52. The molecule has 4 nitrogen and oxygen atoms in total. The van der Waals surface area contributed by atoms with Crippen LogP contribution < -0.4 is 11.2 Å². The van der Waals surface area contributed by atoms with Crippen molar-refractivity contribution in [2.45, 2.75) is 17.7 Å². The Kier molecular flexibility index (Phi) is 4.28. The van der Waals surface area contributed by atoms with Gasteiger partial charge in [0.25, 0.3) is 0 Å². The van der Waals surface area contributed by atoms with Gasteiger partial charge in [0.05, 0.1) is 17.8 Å². The monoisotopic (exact) mass is 347 g/mol. The van der Waals surface area contributed by atoms with Gasteiger partial charge in [-0.15, -0.1) is 11.6 Å². The molecule has 1 aliphatic heterocycles. The molecule has 1 aromatic rings. The van der Waals surface area contributed by atoms with Crippen LogP contribution in [0.1, 0.15) is 18.4 Å². The van der Waals surface area contributed by atoms with Crippen LogP contribution in [0, 0.1) is 0 Å². The van der Waals surface area contributed by atoms with Gasteiger partial charge in [0.1, 0.15) is 4.87 Å². The molecule has 0 fully saturated rings. The predicted octanol–water partition coefficient (Wildman–Crippen LogP) is 3.79. The van der Waals surface area contributed by atoms with Crippen molar-refractivity contribution in [1.29, 1.82) is 0 Å². The number of hydrogen-bond acceptors (Lipinski definition) is 3. The minimum absolute atomic E-state index is 0.0926. The van der Waals surface area contributed by atoms with Crippen LogP contribution in [0.5, 0.6) is 0 Å². The third kappa shape index (κ3) is 3.49. The molecule has 0 aromatic heterocycles. The van der Waals surface area contributed by atoms with E-state index in [1.54, 1.807) is 12.2 Å². The molecule has 0 radical (unpaired) electrons. The zero-order valence-corrected chi connectivity index (χ0v) is 13.7. The summed E-state index contributed by atoms with van der Waals surface area (Å²) in [5, 5.41) is 4.98. The number of nitrogens with one attached hydrogen (secondary N) is 1. The highest BCUT2D eigenvalue weighted by molar-refractivity contribution is 6.42. The quantitative estimate of drug-likeness (QED) is 0.816. The van der Waals surface area contributed by atoms with Gasteiger partial charge in [-0.1, -0.05) is 42.0 Å². The molecular weight excluding hydrogens is 333 g/mol. The lowest BCUT2D eigenvalue weighted by Crippen LogP contribution is -2.32. The number of hydrazone groups is 1. The summed E-state index contributed by atoms with van der Waals surface area (Å²) in [5.41, 5.74) is 11.5. The number of hydrogen-bond donors (Lipinski definition) is 2. The van der Waals surface area contributed by atoms with Gasteiger partial charge in [0, 0.05) is 11.5 Å². The summed E-state index contributed by atoms with van der Waals surface area (Å²) in [6, 6.07) is 7.81. The number of allylic oxidation sites excluding steroid dienone is 4. The summed E-state index contributed by atoms with van der Waals surface area (Å²) in [5.74, 6) is -0.429. The topological polar surface area (TPSA) is 67.5 Å². The van der Waals surface area contributed by atoms with Gasteiger partial charge in [0.15, 0.2) is 0 Å². The highest BCUT2D eigenvalue weighted by atomic mass is 35.5. The Hall–Kier alpha value is -2.04. The average molecular weight is 348 g/mol. The average Bonchev–Trinajstić information content (AvgIpc) is 2.68. The van der Waals surface area contributed by atoms with E-state index in [0.717, 1.165) is 11.3 Å². The second kappa shape index (κ2) is 6.22. The number of carbonyl (C=O) groups is 1. The van der Waals surface area contributed by atoms with Crippen molar-refractivity contribution in [2.24, 2.45) is 10.8 Å². The van der Waals surface area contributed by atoms with E-state index in [1.807, 2.05) is 36.4 Å². The molecule has 1 unspecified atom stereocenters. The number of alkyl halides is 1. The predicted molar refractivity (Wildman–Crippen MR) is 95.6 cm³/mol. The molecule has 1 aromatic carbocycles. The van der Waals surface area contributed by atoms with Gasteiger partial charge in [-0.05, 0) is 29.4 Å². The zero-order chi connectivity index (χ0) is 16.4. The number of fused-ring (bicyclic) bond motifs is 1. The number of anilines is 1. The number of nitrogens with two attached hydrogens (primary N) is 1. The number of carbonyl (C=O) groups excluding carboxylic acids is 1. The van der Waals surface area contributed by atoms with Gasteiger partial charge >= 0.3 is 0 Å². The lowest BCUT2D eigenvalue weighted by molar-refractivity contribution is -0.117. The maximum absolute atomic E-state index is 11.2. The Balaban J connectivity index is 1.95. The summed E-state index contributed by atoms with van der Waals surface area (Å²) < 4.78 is 0. The molecule has 118 valence electrons. The van der Waals surface area contributed by atoms with Crippen molar-refractivity contribution in [2.75, 3.05) is 5.43 Å². The number of amides is 1. The first-order valence-corrected chi connectivity index (χ1v) is 7.88. The van der Waals surface area contributed by atoms with Crippen LogP contribution in [0.2, 0.25) is 0 Å². The SMILES string of the molecule is NC(=O)CC1=CC(Cl)(C2=NNc3ccccc3C=C2)CC(Cl)=C1. The summed E-state index contributed by atoms with van der Waals surface area (Å²) >= 11 is 13.0. The normalized spacial score (nSPS) is 23.0. The summed E-state index contributed by atoms with van der Waals surface area (Å²) in [7, 11) is 0. The molecule has 3 N–H and O–H groups in total. The molecule has 6 heteroatoms. The van der Waals surface area contributed by atoms with Crippen molar-refractivity contribution >= 4 is 46.6 Å². The fourth-order valence-corrected chi connectivity index (χ4v) is 3.46. The van der Waals surface area contributed by atoms with Gasteiger partial charge in [0.2, 0.25) is 5.91 Å². The third-order valence-corrected chi connectivity index (χ3v) is 4.34. The van der Waals surface area contributed by atoms with Crippen molar-refractivity contribution < 1.29 is 4.79 Å². The maximum atomic E-state index is 11.2. The van der Waals surface area contributed by atoms with Crippen LogP contribution in [-0.2, 0) is 4.79 Å². The number of para-hydroxylation sites is 1. The zero-order valence-electron chi connectivity index (χ0n) is 12.2. The highest BCUT2D eigenvalue weighted by Crippen LogP contribution is 2.37. The van der Waals surface area contributed by atoms with Crippen LogP contribution in [0.4, 0.5) is 5.69 Å². The fourth-order valence-electron chi connectivity index (χ4n) is 2.65. The highest BCUT2D eigenvalue weighted by Gasteiger charge is 2.34. The van der Waals surface area contributed by atoms with E-state index in [2.05, 4.69) is 10.5 Å². The molecule has 0 bridgehead atoms. The lowest BCUT2D eigenvalue weighted by atomic mass is 9.89. The molecule has 1 aliphatic carbocycles. The van der Waals surface area contributed by atoms with E-state index in [-0.39, 0.29) is 6.42 Å². The maximum Gasteiger partial charge on any atom is 0.221 e. The van der Waals surface area contributed by atoms with Crippen molar-refractivity contribution in [3.05, 3.63) is 58.7 Å². The number of halogens is 2. The minimum atomic E-state index is -0.915. The van der Waals surface area contributed by atoms with Crippen LogP contribution >= 0.6 is 23.2 Å². The van der Waals surface area contributed by atoms with Crippen LogP contribution in [-0.4, -0.2) is 16.5 Å². The van der Waals surface area contributed by atoms with Gasteiger partial charge in [-0.25, -0.2) is 0 Å². The number of nitrogens with zero attached hydrogens (tertiary/aromatic N) is 1. The van der Waals surface area contributed by atoms with Crippen LogP contribution in [0.3, 0.4) is 0 Å². The van der Waals surface area contributed by atoms with E-state index in [4.69, 9.17) is 28.9 Å². The minimum Gasteiger partial charge on any atom is -0.369 e. The first-order chi connectivity index (χ1) is 11.0. The molecule has 23 heavy (non-hydrogen) atoms. The van der Waals surface area contributed by atoms with E-state index in [1.165, 1.54) is 0 Å². The second-order valence-corrected chi connectivity index (χ2v) is 6.68. The van der Waals surface area contributed by atoms with Gasteiger partial charge < -0.3 is 5.73 Å². The lowest BCUT2D eigenvalue weighted by Gasteiger charge is -2.27. The molecule has 0 spiro atoms. The first kappa shape index (κ1) is 15.8. The van der Waals surface area contributed by atoms with E-state index < -0.39 is 10.8 Å². The fraction of sp³-hybridized carbons (Fsp3) is 0.176. The molecule has 1 amide bonds. The molecule has 1 atom stereocenters. The molecular formula is C17H15Cl2N3O.